The van der Waals surface area contributed by atoms with Gasteiger partial charge in [-0.3, -0.25) is 15.1 Å². The number of nitrogens with one attached hydrogen (secondary N) is 2. The maximum absolute atomic E-state index is 13.6. The highest BCUT2D eigenvalue weighted by molar-refractivity contribution is 5.93. The first-order chi connectivity index (χ1) is 19.1. The third-order valence-corrected chi connectivity index (χ3v) is 6.67. The van der Waals surface area contributed by atoms with Gasteiger partial charge in [0.15, 0.2) is 0 Å². The molecule has 3 amide bonds. The fourth-order valence-corrected chi connectivity index (χ4v) is 4.48. The zero-order chi connectivity index (χ0) is 30.8. The van der Waals surface area contributed by atoms with Crippen molar-refractivity contribution in [3.8, 4) is 0 Å². The van der Waals surface area contributed by atoms with Crippen molar-refractivity contribution < 1.29 is 23.9 Å². The van der Waals surface area contributed by atoms with E-state index in [2.05, 4.69) is 25.9 Å². The van der Waals surface area contributed by atoms with E-state index in [1.807, 2.05) is 39.5 Å². The molecule has 1 aromatic rings. The first-order valence-electron chi connectivity index (χ1n) is 14.8. The third kappa shape index (κ3) is 12.1. The number of piperidine rings is 1. The molecule has 1 aliphatic rings. The number of aliphatic imine (C=N–C) groups is 1. The van der Waals surface area contributed by atoms with Crippen molar-refractivity contribution in [1.29, 1.82) is 0 Å². The van der Waals surface area contributed by atoms with Crippen LogP contribution in [-0.4, -0.2) is 74.7 Å². The summed E-state index contributed by atoms with van der Waals surface area (Å²) in [6, 6.07) is -0.969. The van der Waals surface area contributed by atoms with Gasteiger partial charge >= 0.3 is 12.2 Å². The number of hydrogen-bond donors (Lipinski definition) is 2. The second-order valence-corrected chi connectivity index (χ2v) is 12.8. The number of alkyl carbamates (subject to hydrolysis) is 2. The lowest BCUT2D eigenvalue weighted by atomic mass is 9.97. The van der Waals surface area contributed by atoms with Crippen molar-refractivity contribution >= 4 is 23.9 Å². The van der Waals surface area contributed by atoms with Crippen LogP contribution in [0.1, 0.15) is 119 Å². The minimum absolute atomic E-state index is 0.00826. The Morgan fingerprint density at radius 2 is 1.63 bits per heavy atom. The Balaban J connectivity index is 2.18. The van der Waals surface area contributed by atoms with E-state index in [1.54, 1.807) is 38.6 Å². The molecule has 41 heavy (non-hydrogen) atoms. The number of aromatic nitrogens is 3. The molecule has 232 valence electrons. The van der Waals surface area contributed by atoms with Crippen molar-refractivity contribution in [1.82, 2.24) is 30.5 Å². The van der Waals surface area contributed by atoms with Crippen molar-refractivity contribution in [3.05, 3.63) is 11.9 Å². The molecular formula is C29H51N7O5. The van der Waals surface area contributed by atoms with Crippen LogP contribution in [0.4, 0.5) is 9.59 Å². The molecule has 2 heterocycles. The lowest BCUT2D eigenvalue weighted by Gasteiger charge is -2.30. The fraction of sp³-hybridized carbons (Fsp3) is 0.793. The first kappa shape index (κ1) is 34.0. The van der Waals surface area contributed by atoms with Crippen molar-refractivity contribution in [2.45, 2.75) is 124 Å². The van der Waals surface area contributed by atoms with Gasteiger partial charge in [0.05, 0.1) is 12.2 Å². The predicted octanol–water partition coefficient (Wildman–Crippen LogP) is 5.17. The minimum Gasteiger partial charge on any atom is -0.444 e. The average molecular weight is 578 g/mol. The Hall–Kier alpha value is -3.18. The van der Waals surface area contributed by atoms with Gasteiger partial charge in [-0.2, -0.15) is 0 Å². The molecule has 0 radical (unpaired) electrons. The summed E-state index contributed by atoms with van der Waals surface area (Å²) >= 11 is 0. The Morgan fingerprint density at radius 1 is 1.02 bits per heavy atom. The molecule has 2 rings (SSSR count). The predicted molar refractivity (Wildman–Crippen MR) is 158 cm³/mol. The number of amides is 3. The van der Waals surface area contributed by atoms with Gasteiger partial charge in [-0.15, -0.1) is 5.10 Å². The molecule has 2 N–H and O–H groups in total. The molecule has 1 aliphatic heterocycles. The highest BCUT2D eigenvalue weighted by atomic mass is 16.6. The molecule has 0 saturated carbocycles. The molecule has 0 bridgehead atoms. The number of rotatable bonds is 10. The summed E-state index contributed by atoms with van der Waals surface area (Å²) in [6.07, 6.45) is 5.67. The third-order valence-electron chi connectivity index (χ3n) is 6.67. The van der Waals surface area contributed by atoms with Crippen LogP contribution >= 0.6 is 0 Å². The Morgan fingerprint density at radius 3 is 2.22 bits per heavy atom. The van der Waals surface area contributed by atoms with Crippen LogP contribution in [0.2, 0.25) is 0 Å². The molecule has 0 aliphatic carbocycles. The molecule has 1 saturated heterocycles. The molecule has 12 nitrogen and oxygen atoms in total. The molecular weight excluding hydrogens is 526 g/mol. The minimum atomic E-state index is -0.628. The van der Waals surface area contributed by atoms with Crippen molar-refractivity contribution in [2.24, 2.45) is 10.9 Å². The lowest BCUT2D eigenvalue weighted by molar-refractivity contribution is -0.136. The maximum atomic E-state index is 13.6. The summed E-state index contributed by atoms with van der Waals surface area (Å²) in [5.74, 6) is 0.526. The second-order valence-electron chi connectivity index (χ2n) is 12.8. The Kier molecular flexibility index (Phi) is 12.6. The topological polar surface area (TPSA) is 140 Å². The number of carbonyl (C=O) groups excluding carboxylic acids is 3. The molecule has 3 atom stereocenters. The average Bonchev–Trinajstić information content (AvgIpc) is 3.34. The van der Waals surface area contributed by atoms with Crippen molar-refractivity contribution in [3.63, 3.8) is 0 Å². The number of hydrogen-bond acceptors (Lipinski definition) is 8. The standard InChI is InChI=1S/C29H51N7O5/c1-10-20(2)24(32-27(39)41-29(7,8)9)22-19-36(34-33-22)23(25(37)35-17-12-11-13-18-35)15-14-16-30-21(3)31-26(38)40-28(4,5)6/h19-20,23-24H,10-18H2,1-9H3,(H,32,39)(H,30,31,38)/t20-,23-,24-/m0/s1. The van der Waals surface area contributed by atoms with Crippen LogP contribution in [0.3, 0.4) is 0 Å². The number of carbonyl (C=O) groups is 3. The van der Waals surface area contributed by atoms with E-state index in [4.69, 9.17) is 9.47 Å². The summed E-state index contributed by atoms with van der Waals surface area (Å²) in [6.45, 7) is 18.5. The monoisotopic (exact) mass is 577 g/mol. The van der Waals surface area contributed by atoms with E-state index in [9.17, 15) is 14.4 Å². The second kappa shape index (κ2) is 15.2. The van der Waals surface area contributed by atoms with Gasteiger partial charge in [0.25, 0.3) is 0 Å². The number of likely N-dealkylation sites (tertiary alicyclic amines) is 1. The van der Waals surface area contributed by atoms with Crippen LogP contribution in [0.5, 0.6) is 0 Å². The molecule has 1 aromatic heterocycles. The zero-order valence-corrected chi connectivity index (χ0v) is 26.5. The summed E-state index contributed by atoms with van der Waals surface area (Å²) in [4.78, 5) is 44.6. The van der Waals surface area contributed by atoms with Gasteiger partial charge in [0.2, 0.25) is 5.91 Å². The van der Waals surface area contributed by atoms with Crippen LogP contribution < -0.4 is 10.6 Å². The maximum Gasteiger partial charge on any atom is 0.413 e. The summed E-state index contributed by atoms with van der Waals surface area (Å²) in [7, 11) is 0. The van der Waals surface area contributed by atoms with E-state index in [0.717, 1.165) is 38.8 Å². The van der Waals surface area contributed by atoms with Crippen molar-refractivity contribution in [2.75, 3.05) is 19.6 Å². The van der Waals surface area contributed by atoms with E-state index in [1.165, 1.54) is 0 Å². The quantitative estimate of drug-likeness (QED) is 0.222. The largest absolute Gasteiger partial charge is 0.444 e. The number of ether oxygens (including phenoxy) is 2. The van der Waals surface area contributed by atoms with Crippen LogP contribution in [-0.2, 0) is 14.3 Å². The molecule has 1 fully saturated rings. The Labute approximate surface area is 245 Å². The van der Waals surface area contributed by atoms with Gasteiger partial charge in [-0.25, -0.2) is 14.3 Å². The summed E-state index contributed by atoms with van der Waals surface area (Å²) < 4.78 is 12.4. The van der Waals surface area contributed by atoms with E-state index in [-0.39, 0.29) is 11.8 Å². The van der Waals surface area contributed by atoms with Crippen LogP contribution in [0, 0.1) is 5.92 Å². The highest BCUT2D eigenvalue weighted by Gasteiger charge is 2.31. The van der Waals surface area contributed by atoms with Gasteiger partial charge < -0.3 is 19.7 Å². The lowest BCUT2D eigenvalue weighted by Crippen LogP contribution is -2.41. The van der Waals surface area contributed by atoms with E-state index < -0.39 is 35.5 Å². The normalized spacial score (nSPS) is 16.9. The molecule has 0 unspecified atom stereocenters. The van der Waals surface area contributed by atoms with E-state index in [0.29, 0.717) is 30.9 Å². The van der Waals surface area contributed by atoms with Gasteiger partial charge in [0, 0.05) is 19.6 Å². The van der Waals surface area contributed by atoms with Crippen LogP contribution in [0.15, 0.2) is 11.2 Å². The van der Waals surface area contributed by atoms with Gasteiger partial charge in [-0.1, -0.05) is 25.5 Å². The zero-order valence-electron chi connectivity index (χ0n) is 26.5. The smallest absolute Gasteiger partial charge is 0.413 e. The molecule has 0 spiro atoms. The molecule has 12 heteroatoms. The summed E-state index contributed by atoms with van der Waals surface area (Å²) in [5, 5.41) is 14.3. The van der Waals surface area contributed by atoms with E-state index >= 15 is 0 Å². The fourth-order valence-electron chi connectivity index (χ4n) is 4.48. The van der Waals surface area contributed by atoms with Gasteiger partial charge in [-0.05, 0) is 86.5 Å². The summed E-state index contributed by atoms with van der Waals surface area (Å²) in [5.41, 5.74) is -0.645. The van der Waals surface area contributed by atoms with Gasteiger partial charge in [0.1, 0.15) is 28.8 Å². The SMILES string of the molecule is CC[C@H](C)[C@H](NC(=O)OC(C)(C)C)c1cn([C@@H](CCCN=C(C)NC(=O)OC(C)(C)C)C(=O)N2CCCCC2)nn1. The number of amidine groups is 1. The number of nitrogens with zero attached hydrogens (tertiary/aromatic N) is 5. The Bertz CT molecular complexity index is 1040. The van der Waals surface area contributed by atoms with Crippen LogP contribution in [0.25, 0.3) is 0 Å². The molecule has 0 aromatic carbocycles. The first-order valence-corrected chi connectivity index (χ1v) is 14.8. The highest BCUT2D eigenvalue weighted by Crippen LogP contribution is 2.26.